The number of carbonyl (C=O) groups excluding carboxylic acids is 2. The molecule has 4 rings (SSSR count). The van der Waals surface area contributed by atoms with Gasteiger partial charge < -0.3 is 20.8 Å². The van der Waals surface area contributed by atoms with Crippen molar-refractivity contribution in [3.05, 3.63) is 58.8 Å². The fourth-order valence-corrected chi connectivity index (χ4v) is 4.43. The Morgan fingerprint density at radius 2 is 1.87 bits per heavy atom. The Morgan fingerprint density at radius 3 is 2.55 bits per heavy atom. The van der Waals surface area contributed by atoms with E-state index in [0.717, 1.165) is 51.7 Å². The maximum atomic E-state index is 12.3. The number of primary amides is 1. The number of aromatic amines is 1. The molecule has 1 heterocycles. The minimum atomic E-state index is -0.543. The van der Waals surface area contributed by atoms with E-state index in [0.29, 0.717) is 12.0 Å². The van der Waals surface area contributed by atoms with E-state index in [4.69, 9.17) is 10.5 Å². The second-order valence-corrected chi connectivity index (χ2v) is 9.26. The van der Waals surface area contributed by atoms with E-state index in [1.807, 2.05) is 39.0 Å². The number of fused-ring (bicyclic) bond motifs is 3. The van der Waals surface area contributed by atoms with Gasteiger partial charge in [0.05, 0.1) is 11.1 Å². The van der Waals surface area contributed by atoms with Gasteiger partial charge in [0.2, 0.25) is 0 Å². The molecule has 1 aliphatic carbocycles. The molecule has 1 aliphatic rings. The molecule has 0 saturated carbocycles. The number of rotatable bonds is 3. The Morgan fingerprint density at radius 1 is 1.13 bits per heavy atom. The quantitative estimate of drug-likeness (QED) is 0.578. The summed E-state index contributed by atoms with van der Waals surface area (Å²) in [6, 6.07) is 11.9. The zero-order valence-corrected chi connectivity index (χ0v) is 18.5. The molecule has 162 valence electrons. The Balaban J connectivity index is 1.79. The number of nitrogens with one attached hydrogen (secondary N) is 2. The highest BCUT2D eigenvalue weighted by Gasteiger charge is 2.28. The lowest BCUT2D eigenvalue weighted by atomic mass is 9.87. The number of amides is 2. The van der Waals surface area contributed by atoms with Crippen LogP contribution in [0, 0.1) is 6.92 Å². The van der Waals surface area contributed by atoms with Crippen molar-refractivity contribution in [2.45, 2.75) is 58.6 Å². The zero-order valence-electron chi connectivity index (χ0n) is 18.5. The molecule has 0 radical (unpaired) electrons. The van der Waals surface area contributed by atoms with Crippen LogP contribution >= 0.6 is 0 Å². The number of nitrogens with two attached hydrogens (primary N) is 1. The van der Waals surface area contributed by atoms with Crippen molar-refractivity contribution in [2.24, 2.45) is 5.73 Å². The highest BCUT2D eigenvalue weighted by atomic mass is 16.6. The number of hydrogen-bond donors (Lipinski definition) is 3. The number of benzene rings is 2. The third kappa shape index (κ3) is 4.15. The summed E-state index contributed by atoms with van der Waals surface area (Å²) in [5.41, 5.74) is 12.0. The smallest absolute Gasteiger partial charge is 0.407 e. The van der Waals surface area contributed by atoms with Crippen LogP contribution in [0.3, 0.4) is 0 Å². The summed E-state index contributed by atoms with van der Waals surface area (Å²) in [4.78, 5) is 27.9. The summed E-state index contributed by atoms with van der Waals surface area (Å²) in [7, 11) is 0. The van der Waals surface area contributed by atoms with E-state index < -0.39 is 17.6 Å². The molecule has 0 aliphatic heterocycles. The van der Waals surface area contributed by atoms with Gasteiger partial charge in [-0.05, 0) is 75.3 Å². The van der Waals surface area contributed by atoms with Crippen molar-refractivity contribution in [1.29, 1.82) is 0 Å². The van der Waals surface area contributed by atoms with Crippen LogP contribution in [0.4, 0.5) is 4.79 Å². The minimum absolute atomic E-state index is 0.0386. The Labute approximate surface area is 182 Å². The summed E-state index contributed by atoms with van der Waals surface area (Å²) in [5.74, 6) is -0.455. The first-order valence-electron chi connectivity index (χ1n) is 10.7. The number of aryl methyl sites for hydroxylation is 2. The van der Waals surface area contributed by atoms with Crippen LogP contribution < -0.4 is 11.1 Å². The van der Waals surface area contributed by atoms with Gasteiger partial charge in [0, 0.05) is 17.1 Å². The maximum Gasteiger partial charge on any atom is 0.407 e. The van der Waals surface area contributed by atoms with Crippen molar-refractivity contribution in [2.75, 3.05) is 0 Å². The topological polar surface area (TPSA) is 97.2 Å². The Kier molecular flexibility index (Phi) is 5.25. The van der Waals surface area contributed by atoms with Gasteiger partial charge >= 0.3 is 6.09 Å². The molecule has 0 fully saturated rings. The number of ether oxygens (including phenoxy) is 1. The molecule has 1 aromatic heterocycles. The molecule has 2 amide bonds. The second kappa shape index (κ2) is 7.76. The molecule has 2 aromatic carbocycles. The molecule has 3 aromatic rings. The van der Waals surface area contributed by atoms with Gasteiger partial charge in [-0.15, -0.1) is 0 Å². The number of hydrogen-bond acceptors (Lipinski definition) is 3. The van der Waals surface area contributed by atoms with Gasteiger partial charge in [0.25, 0.3) is 5.91 Å². The SMILES string of the molecule is Cc1ccccc1-c1ccc(C(N)=O)c2[nH]c3c(c12)CC(NC(=O)OC(C)(C)C)CC3. The van der Waals surface area contributed by atoms with Crippen molar-refractivity contribution < 1.29 is 14.3 Å². The van der Waals surface area contributed by atoms with Crippen LogP contribution in [-0.4, -0.2) is 28.6 Å². The molecule has 1 atom stereocenters. The van der Waals surface area contributed by atoms with E-state index in [1.165, 1.54) is 0 Å². The van der Waals surface area contributed by atoms with Gasteiger partial charge in [-0.25, -0.2) is 4.79 Å². The third-order valence-electron chi connectivity index (χ3n) is 5.76. The van der Waals surface area contributed by atoms with Crippen LogP contribution in [-0.2, 0) is 17.6 Å². The van der Waals surface area contributed by atoms with Crippen molar-refractivity contribution >= 4 is 22.9 Å². The highest BCUT2D eigenvalue weighted by molar-refractivity contribution is 6.11. The van der Waals surface area contributed by atoms with Crippen LogP contribution in [0.25, 0.3) is 22.0 Å². The normalized spacial score (nSPS) is 16.1. The molecule has 6 heteroatoms. The van der Waals surface area contributed by atoms with Crippen molar-refractivity contribution in [3.8, 4) is 11.1 Å². The predicted molar refractivity (Wildman–Crippen MR) is 122 cm³/mol. The van der Waals surface area contributed by atoms with Gasteiger partial charge in [-0.1, -0.05) is 30.3 Å². The van der Waals surface area contributed by atoms with Crippen LogP contribution in [0.1, 0.15) is 54.4 Å². The molecule has 0 spiro atoms. The molecule has 0 bridgehead atoms. The largest absolute Gasteiger partial charge is 0.444 e. The van der Waals surface area contributed by atoms with E-state index in [9.17, 15) is 9.59 Å². The summed E-state index contributed by atoms with van der Waals surface area (Å²) in [6.45, 7) is 7.64. The van der Waals surface area contributed by atoms with Gasteiger partial charge in [-0.2, -0.15) is 0 Å². The molecule has 31 heavy (non-hydrogen) atoms. The van der Waals surface area contributed by atoms with Gasteiger partial charge in [0.15, 0.2) is 0 Å². The summed E-state index contributed by atoms with van der Waals surface area (Å²) < 4.78 is 5.44. The van der Waals surface area contributed by atoms with E-state index in [1.54, 1.807) is 6.07 Å². The third-order valence-corrected chi connectivity index (χ3v) is 5.76. The average molecular weight is 420 g/mol. The summed E-state index contributed by atoms with van der Waals surface area (Å²) in [5, 5.41) is 4.02. The fourth-order valence-electron chi connectivity index (χ4n) is 4.43. The van der Waals surface area contributed by atoms with E-state index in [2.05, 4.69) is 29.4 Å². The van der Waals surface area contributed by atoms with E-state index >= 15 is 0 Å². The molecular formula is C25H29N3O3. The maximum absolute atomic E-state index is 12.3. The van der Waals surface area contributed by atoms with Crippen molar-refractivity contribution in [3.63, 3.8) is 0 Å². The van der Waals surface area contributed by atoms with E-state index in [-0.39, 0.29) is 6.04 Å². The van der Waals surface area contributed by atoms with Gasteiger partial charge in [0.1, 0.15) is 5.60 Å². The first kappa shape index (κ1) is 21.0. The fraction of sp³-hybridized carbons (Fsp3) is 0.360. The molecule has 0 saturated heterocycles. The molecule has 6 nitrogen and oxygen atoms in total. The average Bonchev–Trinajstić information content (AvgIpc) is 3.05. The lowest BCUT2D eigenvalue weighted by molar-refractivity contribution is 0.0500. The summed E-state index contributed by atoms with van der Waals surface area (Å²) in [6.07, 6.45) is 1.83. The first-order valence-corrected chi connectivity index (χ1v) is 10.7. The highest BCUT2D eigenvalue weighted by Crippen LogP contribution is 2.39. The standard InChI is InChI=1S/C25H29N3O3/c1-14-7-5-6-8-16(14)17-10-11-18(23(26)29)22-21(17)19-13-15(9-12-20(19)28-22)27-24(30)31-25(2,3)4/h5-8,10-11,15,28H,9,12-13H2,1-4H3,(H2,26,29)(H,27,30). The second-order valence-electron chi connectivity index (χ2n) is 9.26. The number of aromatic nitrogens is 1. The summed E-state index contributed by atoms with van der Waals surface area (Å²) >= 11 is 0. The van der Waals surface area contributed by atoms with Crippen LogP contribution in [0.2, 0.25) is 0 Å². The minimum Gasteiger partial charge on any atom is -0.444 e. The van der Waals surface area contributed by atoms with Gasteiger partial charge in [-0.3, -0.25) is 4.79 Å². The molecular weight excluding hydrogens is 390 g/mol. The lowest BCUT2D eigenvalue weighted by Gasteiger charge is -2.26. The molecule has 1 unspecified atom stereocenters. The van der Waals surface area contributed by atoms with Crippen LogP contribution in [0.15, 0.2) is 36.4 Å². The van der Waals surface area contributed by atoms with Crippen molar-refractivity contribution in [1.82, 2.24) is 10.3 Å². The Bertz CT molecular complexity index is 1170. The monoisotopic (exact) mass is 419 g/mol. The predicted octanol–water partition coefficient (Wildman–Crippen LogP) is 4.62. The number of H-pyrrole nitrogens is 1. The molecule has 4 N–H and O–H groups in total. The lowest BCUT2D eigenvalue weighted by Crippen LogP contribution is -2.41. The number of carbonyl (C=O) groups is 2. The van der Waals surface area contributed by atoms with Crippen LogP contribution in [0.5, 0.6) is 0 Å². The number of alkyl carbamates (subject to hydrolysis) is 1. The first-order chi connectivity index (χ1) is 14.6. The Hall–Kier alpha value is -3.28. The zero-order chi connectivity index (χ0) is 22.3.